The summed E-state index contributed by atoms with van der Waals surface area (Å²) in [5.74, 6) is 0.429. The van der Waals surface area contributed by atoms with E-state index in [1.807, 2.05) is 51.1 Å². The van der Waals surface area contributed by atoms with Crippen LogP contribution in [0.4, 0.5) is 10.5 Å². The standard InChI is InChI=1S/C28H37ClN2O6/c1-16-8-7-9-21(34-5)19-15-22(36-27(33)30-19)17(2)26-28(3,37-26)11-10-24(32)31(4)20-13-18(12-16)14-23(35-6)25(20)29/h7-9,13-14,17,19,21-22,26H,10-12,15H2,1-6H3,(H,30,33)/b9-7+,16-8+/t17?,19-,21?,22+,26+,28+/m1/s1. The van der Waals surface area contributed by atoms with E-state index < -0.39 is 11.7 Å². The van der Waals surface area contributed by atoms with Crippen LogP contribution >= 0.6 is 11.6 Å². The summed E-state index contributed by atoms with van der Waals surface area (Å²) in [6.45, 7) is 6.08. The number of benzene rings is 1. The van der Waals surface area contributed by atoms with E-state index in [1.54, 1.807) is 26.2 Å². The first kappa shape index (κ1) is 27.5. The van der Waals surface area contributed by atoms with Crippen molar-refractivity contribution in [2.45, 2.75) is 76.4 Å². The van der Waals surface area contributed by atoms with Gasteiger partial charge >= 0.3 is 6.09 Å². The van der Waals surface area contributed by atoms with Gasteiger partial charge in [0.1, 0.15) is 16.9 Å². The predicted molar refractivity (Wildman–Crippen MR) is 142 cm³/mol. The predicted octanol–water partition coefficient (Wildman–Crippen LogP) is 4.83. The number of methoxy groups -OCH3 is 2. The first-order chi connectivity index (χ1) is 17.6. The highest BCUT2D eigenvalue weighted by molar-refractivity contribution is 6.35. The summed E-state index contributed by atoms with van der Waals surface area (Å²) >= 11 is 6.62. The molecule has 4 rings (SSSR count). The number of anilines is 1. The van der Waals surface area contributed by atoms with Gasteiger partial charge in [-0.15, -0.1) is 0 Å². The zero-order valence-corrected chi connectivity index (χ0v) is 23.1. The Balaban J connectivity index is 1.68. The molecule has 2 amide bonds. The van der Waals surface area contributed by atoms with E-state index in [0.717, 1.165) is 11.1 Å². The second kappa shape index (κ2) is 11.1. The highest BCUT2D eigenvalue weighted by atomic mass is 35.5. The van der Waals surface area contributed by atoms with E-state index in [9.17, 15) is 9.59 Å². The van der Waals surface area contributed by atoms with Crippen molar-refractivity contribution in [2.75, 3.05) is 26.2 Å². The molecule has 0 saturated carbocycles. The molecule has 3 heterocycles. The number of epoxide rings is 1. The molecule has 0 aliphatic carbocycles. The van der Waals surface area contributed by atoms with E-state index >= 15 is 0 Å². The maximum Gasteiger partial charge on any atom is 0.407 e. The first-order valence-electron chi connectivity index (χ1n) is 12.7. The normalized spacial score (nSPS) is 34.9. The molecule has 2 saturated heterocycles. The number of alkyl carbamates (subject to hydrolysis) is 1. The molecular weight excluding hydrogens is 496 g/mol. The van der Waals surface area contributed by atoms with E-state index in [2.05, 4.69) is 5.32 Å². The maximum absolute atomic E-state index is 13.2. The van der Waals surface area contributed by atoms with Crippen LogP contribution in [0.2, 0.25) is 5.02 Å². The number of carbonyl (C=O) groups is 2. The molecule has 0 spiro atoms. The topological polar surface area (TPSA) is 89.6 Å². The second-order valence-corrected chi connectivity index (χ2v) is 10.9. The molecule has 6 atom stereocenters. The number of hydrogen-bond acceptors (Lipinski definition) is 6. The summed E-state index contributed by atoms with van der Waals surface area (Å²) in [6.07, 6.45) is 6.80. The Bertz CT molecular complexity index is 1100. The molecule has 1 N–H and O–H groups in total. The molecule has 2 fully saturated rings. The fourth-order valence-corrected chi connectivity index (χ4v) is 5.72. The lowest BCUT2D eigenvalue weighted by molar-refractivity contribution is -0.118. The molecule has 3 aliphatic heterocycles. The molecule has 1 aromatic rings. The Morgan fingerprint density at radius 2 is 2.00 bits per heavy atom. The second-order valence-electron chi connectivity index (χ2n) is 10.5. The SMILES string of the molecule is COc1cc2cc(c1Cl)N(C)C(=O)CC[C@]1(C)O[C@H]1C(C)[C@@H]1C[C@@H](NC(=O)O1)C(OC)/C=C/C=C(\C)C2. The van der Waals surface area contributed by atoms with E-state index in [1.165, 1.54) is 0 Å². The molecule has 0 aromatic heterocycles. The summed E-state index contributed by atoms with van der Waals surface area (Å²) in [5.41, 5.74) is 2.22. The number of hydrogen-bond donors (Lipinski definition) is 1. The highest BCUT2D eigenvalue weighted by Gasteiger charge is 2.57. The lowest BCUT2D eigenvalue weighted by atomic mass is 9.86. The number of rotatable bonds is 2. The summed E-state index contributed by atoms with van der Waals surface area (Å²) in [7, 11) is 4.94. The van der Waals surface area contributed by atoms with Crippen molar-refractivity contribution in [3.63, 3.8) is 0 Å². The minimum Gasteiger partial charge on any atom is -0.495 e. The highest BCUT2D eigenvalue weighted by Crippen LogP contribution is 2.47. The van der Waals surface area contributed by atoms with Crippen molar-refractivity contribution >= 4 is 29.3 Å². The largest absolute Gasteiger partial charge is 0.495 e. The van der Waals surface area contributed by atoms with Crippen LogP contribution in [-0.2, 0) is 25.4 Å². The molecule has 2 unspecified atom stereocenters. The number of halogens is 1. The number of nitrogens with one attached hydrogen (secondary N) is 1. The average molecular weight is 533 g/mol. The fraction of sp³-hybridized carbons (Fsp3) is 0.571. The van der Waals surface area contributed by atoms with Gasteiger partial charge in [0.25, 0.3) is 0 Å². The maximum atomic E-state index is 13.2. The Kier molecular flexibility index (Phi) is 8.21. The van der Waals surface area contributed by atoms with Gasteiger partial charge in [0.05, 0.1) is 36.6 Å². The van der Waals surface area contributed by atoms with Crippen molar-refractivity contribution in [1.29, 1.82) is 0 Å². The minimum atomic E-state index is -0.462. The third-order valence-corrected chi connectivity index (χ3v) is 8.14. The molecule has 1 aromatic carbocycles. The van der Waals surface area contributed by atoms with Crippen LogP contribution in [-0.4, -0.2) is 63.2 Å². The fourth-order valence-electron chi connectivity index (χ4n) is 5.41. The van der Waals surface area contributed by atoms with E-state index in [-0.39, 0.29) is 36.2 Å². The van der Waals surface area contributed by atoms with Gasteiger partial charge < -0.3 is 29.2 Å². The Morgan fingerprint density at radius 3 is 2.70 bits per heavy atom. The molecule has 3 aliphatic rings. The van der Waals surface area contributed by atoms with Crippen LogP contribution in [0.1, 0.15) is 45.6 Å². The van der Waals surface area contributed by atoms with Gasteiger partial charge in [-0.2, -0.15) is 0 Å². The van der Waals surface area contributed by atoms with Gasteiger partial charge in [0.2, 0.25) is 5.91 Å². The molecule has 9 heteroatoms. The molecular formula is C28H37ClN2O6. The summed E-state index contributed by atoms with van der Waals surface area (Å²) < 4.78 is 23.0. The minimum absolute atomic E-state index is 0.0347. The smallest absolute Gasteiger partial charge is 0.407 e. The Hall–Kier alpha value is -2.55. The Labute approximate surface area is 223 Å². The molecule has 37 heavy (non-hydrogen) atoms. The first-order valence-corrected chi connectivity index (χ1v) is 13.1. The van der Waals surface area contributed by atoms with Gasteiger partial charge in [-0.25, -0.2) is 4.79 Å². The van der Waals surface area contributed by atoms with Crippen LogP contribution < -0.4 is 15.0 Å². The van der Waals surface area contributed by atoms with Crippen molar-refractivity contribution in [1.82, 2.24) is 5.32 Å². The Morgan fingerprint density at radius 1 is 1.24 bits per heavy atom. The zero-order valence-electron chi connectivity index (χ0n) is 22.4. The lowest BCUT2D eigenvalue weighted by Crippen LogP contribution is -2.53. The van der Waals surface area contributed by atoms with Crippen molar-refractivity contribution < 1.29 is 28.5 Å². The number of amides is 2. The van der Waals surface area contributed by atoms with Gasteiger partial charge in [-0.05, 0) is 44.4 Å². The third-order valence-electron chi connectivity index (χ3n) is 7.76. The number of ether oxygens (including phenoxy) is 4. The number of carbonyl (C=O) groups excluding carboxylic acids is 2. The van der Waals surface area contributed by atoms with Crippen LogP contribution in [0.3, 0.4) is 0 Å². The summed E-state index contributed by atoms with van der Waals surface area (Å²) in [6, 6.07) is 3.61. The molecule has 0 radical (unpaired) electrons. The van der Waals surface area contributed by atoms with Gasteiger partial charge in [-0.3, -0.25) is 4.79 Å². The van der Waals surface area contributed by atoms with E-state index in [0.29, 0.717) is 42.1 Å². The number of nitrogens with zero attached hydrogens (tertiary/aromatic N) is 1. The summed E-state index contributed by atoms with van der Waals surface area (Å²) in [4.78, 5) is 27.2. The third kappa shape index (κ3) is 5.97. The van der Waals surface area contributed by atoms with Crippen LogP contribution in [0, 0.1) is 5.92 Å². The van der Waals surface area contributed by atoms with Gasteiger partial charge in [0.15, 0.2) is 0 Å². The van der Waals surface area contributed by atoms with Gasteiger partial charge in [0, 0.05) is 32.9 Å². The molecule has 8 nitrogen and oxygen atoms in total. The monoisotopic (exact) mass is 532 g/mol. The molecule has 4 bridgehead atoms. The zero-order chi connectivity index (χ0) is 26.9. The van der Waals surface area contributed by atoms with E-state index in [4.69, 9.17) is 30.5 Å². The van der Waals surface area contributed by atoms with Crippen LogP contribution in [0.25, 0.3) is 0 Å². The lowest BCUT2D eigenvalue weighted by Gasteiger charge is -2.35. The summed E-state index contributed by atoms with van der Waals surface area (Å²) in [5, 5.41) is 3.31. The number of fused-ring (bicyclic) bond motifs is 5. The quantitative estimate of drug-likeness (QED) is 0.549. The molecule has 202 valence electrons. The van der Waals surface area contributed by atoms with Crippen molar-refractivity contribution in [3.8, 4) is 5.75 Å². The van der Waals surface area contributed by atoms with Gasteiger partial charge in [-0.1, -0.05) is 42.3 Å². The number of allylic oxidation sites excluding steroid dienone is 3. The van der Waals surface area contributed by atoms with Crippen molar-refractivity contribution in [2.24, 2.45) is 5.92 Å². The average Bonchev–Trinajstić information content (AvgIpc) is 3.55. The van der Waals surface area contributed by atoms with Crippen molar-refractivity contribution in [3.05, 3.63) is 46.5 Å². The van der Waals surface area contributed by atoms with Crippen LogP contribution in [0.15, 0.2) is 35.9 Å². The van der Waals surface area contributed by atoms with Crippen LogP contribution in [0.5, 0.6) is 5.75 Å².